The maximum atomic E-state index is 11.9. The average molecular weight is 270 g/mol. The van der Waals surface area contributed by atoms with Gasteiger partial charge in [0, 0.05) is 16.6 Å². The van der Waals surface area contributed by atoms with Crippen molar-refractivity contribution >= 4 is 29.2 Å². The molecule has 0 spiro atoms. The van der Waals surface area contributed by atoms with Crippen molar-refractivity contribution in [2.24, 2.45) is 11.8 Å². The molecule has 0 aliphatic rings. The monoisotopic (exact) mass is 269 g/mol. The number of aliphatic carboxylic acids is 1. The molecule has 1 amide bonds. The van der Waals surface area contributed by atoms with Gasteiger partial charge in [0.1, 0.15) is 0 Å². The third-order valence-corrected chi connectivity index (χ3v) is 3.49. The Balaban J connectivity index is 2.82. The van der Waals surface area contributed by atoms with Crippen LogP contribution in [0.15, 0.2) is 18.2 Å². The third-order valence-electron chi connectivity index (χ3n) is 3.08. The van der Waals surface area contributed by atoms with Gasteiger partial charge in [-0.1, -0.05) is 31.5 Å². The zero-order chi connectivity index (χ0) is 13.9. The number of carboxylic acids is 1. The van der Waals surface area contributed by atoms with Crippen LogP contribution in [-0.2, 0) is 9.59 Å². The SMILES string of the molecule is Cc1c(Cl)cccc1NC(=O)C(C)C(C)C(=O)O. The van der Waals surface area contributed by atoms with Crippen molar-refractivity contribution in [1.29, 1.82) is 0 Å². The van der Waals surface area contributed by atoms with Crippen LogP contribution >= 0.6 is 11.6 Å². The van der Waals surface area contributed by atoms with Gasteiger partial charge in [-0.25, -0.2) is 0 Å². The van der Waals surface area contributed by atoms with E-state index in [1.54, 1.807) is 32.0 Å². The molecule has 1 rings (SSSR count). The first kappa shape index (κ1) is 14.5. The van der Waals surface area contributed by atoms with Crippen LogP contribution in [0.3, 0.4) is 0 Å². The van der Waals surface area contributed by atoms with E-state index in [4.69, 9.17) is 16.7 Å². The summed E-state index contributed by atoms with van der Waals surface area (Å²) in [5.74, 6) is -2.65. The number of rotatable bonds is 4. The summed E-state index contributed by atoms with van der Waals surface area (Å²) < 4.78 is 0. The lowest BCUT2D eigenvalue weighted by Gasteiger charge is -2.17. The van der Waals surface area contributed by atoms with Crippen LogP contribution < -0.4 is 5.32 Å². The van der Waals surface area contributed by atoms with Gasteiger partial charge in [0.25, 0.3) is 0 Å². The highest BCUT2D eigenvalue weighted by molar-refractivity contribution is 6.31. The van der Waals surface area contributed by atoms with Crippen molar-refractivity contribution in [2.75, 3.05) is 5.32 Å². The van der Waals surface area contributed by atoms with Crippen LogP contribution in [-0.4, -0.2) is 17.0 Å². The van der Waals surface area contributed by atoms with Crippen molar-refractivity contribution in [2.45, 2.75) is 20.8 Å². The summed E-state index contributed by atoms with van der Waals surface area (Å²) in [7, 11) is 0. The minimum Gasteiger partial charge on any atom is -0.481 e. The van der Waals surface area contributed by atoms with Crippen molar-refractivity contribution in [3.8, 4) is 0 Å². The number of hydrogen-bond donors (Lipinski definition) is 2. The topological polar surface area (TPSA) is 66.4 Å². The lowest BCUT2D eigenvalue weighted by atomic mass is 9.95. The standard InChI is InChI=1S/C13H16ClNO3/c1-7(8(2)13(17)18)12(16)15-11-6-4-5-10(14)9(11)3/h4-8H,1-3H3,(H,15,16)(H,17,18). The molecule has 1 aromatic carbocycles. The molecule has 0 aliphatic heterocycles. The molecule has 0 saturated heterocycles. The van der Waals surface area contributed by atoms with Gasteiger partial charge in [-0.15, -0.1) is 0 Å². The normalized spacial score (nSPS) is 13.8. The Bertz CT molecular complexity index is 473. The molecular formula is C13H16ClNO3. The first-order valence-corrected chi connectivity index (χ1v) is 6.01. The Labute approximate surface area is 111 Å². The van der Waals surface area contributed by atoms with E-state index in [0.29, 0.717) is 10.7 Å². The number of carbonyl (C=O) groups is 2. The molecule has 18 heavy (non-hydrogen) atoms. The quantitative estimate of drug-likeness (QED) is 0.883. The summed E-state index contributed by atoms with van der Waals surface area (Å²) in [6.45, 7) is 4.90. The fourth-order valence-corrected chi connectivity index (χ4v) is 1.60. The van der Waals surface area contributed by atoms with Crippen LogP contribution in [0.1, 0.15) is 19.4 Å². The molecule has 0 radical (unpaired) electrons. The summed E-state index contributed by atoms with van der Waals surface area (Å²) in [6.07, 6.45) is 0. The van der Waals surface area contributed by atoms with Gasteiger partial charge in [0.2, 0.25) is 5.91 Å². The fraction of sp³-hybridized carbons (Fsp3) is 0.385. The van der Waals surface area contributed by atoms with Gasteiger partial charge in [-0.2, -0.15) is 0 Å². The minimum absolute atomic E-state index is 0.324. The number of carboxylic acid groups (broad SMARTS) is 1. The van der Waals surface area contributed by atoms with Crippen LogP contribution in [0.4, 0.5) is 5.69 Å². The summed E-state index contributed by atoms with van der Waals surface area (Å²) >= 11 is 5.94. The maximum Gasteiger partial charge on any atom is 0.307 e. The van der Waals surface area contributed by atoms with Gasteiger partial charge in [0.15, 0.2) is 0 Å². The van der Waals surface area contributed by atoms with Crippen molar-refractivity contribution in [1.82, 2.24) is 0 Å². The smallest absolute Gasteiger partial charge is 0.307 e. The summed E-state index contributed by atoms with van der Waals surface area (Å²) in [4.78, 5) is 22.7. The van der Waals surface area contributed by atoms with Crippen LogP contribution in [0.5, 0.6) is 0 Å². The molecule has 0 aliphatic carbocycles. The highest BCUT2D eigenvalue weighted by atomic mass is 35.5. The number of hydrogen-bond acceptors (Lipinski definition) is 2. The predicted octanol–water partition coefficient (Wildman–Crippen LogP) is 2.94. The number of carbonyl (C=O) groups excluding carboxylic acids is 1. The fourth-order valence-electron chi connectivity index (χ4n) is 1.43. The van der Waals surface area contributed by atoms with Crippen molar-refractivity contribution in [3.63, 3.8) is 0 Å². The van der Waals surface area contributed by atoms with E-state index in [1.807, 2.05) is 0 Å². The highest BCUT2D eigenvalue weighted by Gasteiger charge is 2.26. The predicted molar refractivity (Wildman–Crippen MR) is 70.8 cm³/mol. The van der Waals surface area contributed by atoms with Crippen molar-refractivity contribution < 1.29 is 14.7 Å². The molecular weight excluding hydrogens is 254 g/mol. The van der Waals surface area contributed by atoms with Gasteiger partial charge in [-0.3, -0.25) is 9.59 Å². The Morgan fingerprint density at radius 1 is 1.28 bits per heavy atom. The molecule has 98 valence electrons. The molecule has 0 fully saturated rings. The Hall–Kier alpha value is -1.55. The lowest BCUT2D eigenvalue weighted by molar-refractivity contribution is -0.145. The zero-order valence-corrected chi connectivity index (χ0v) is 11.3. The number of anilines is 1. The average Bonchev–Trinajstić information content (AvgIpc) is 2.32. The molecule has 0 aromatic heterocycles. The molecule has 0 heterocycles. The number of benzene rings is 1. The van der Waals surface area contributed by atoms with E-state index >= 15 is 0 Å². The Morgan fingerprint density at radius 2 is 1.89 bits per heavy atom. The van der Waals surface area contributed by atoms with E-state index in [-0.39, 0.29) is 5.91 Å². The first-order chi connectivity index (χ1) is 8.34. The number of amides is 1. The maximum absolute atomic E-state index is 11.9. The van der Waals surface area contributed by atoms with E-state index in [0.717, 1.165) is 5.56 Å². The second-order valence-electron chi connectivity index (χ2n) is 4.32. The summed E-state index contributed by atoms with van der Waals surface area (Å²) in [5.41, 5.74) is 1.37. The van der Waals surface area contributed by atoms with Gasteiger partial charge in [0.05, 0.1) is 5.92 Å². The lowest BCUT2D eigenvalue weighted by Crippen LogP contribution is -2.30. The van der Waals surface area contributed by atoms with Crippen LogP contribution in [0.25, 0.3) is 0 Å². The third kappa shape index (κ3) is 3.23. The van der Waals surface area contributed by atoms with E-state index < -0.39 is 17.8 Å². The Kier molecular flexibility index (Phi) is 4.73. The number of nitrogens with one attached hydrogen (secondary N) is 1. The minimum atomic E-state index is -0.986. The highest BCUT2D eigenvalue weighted by Crippen LogP contribution is 2.24. The number of halogens is 1. The Morgan fingerprint density at radius 3 is 2.44 bits per heavy atom. The second kappa shape index (κ2) is 5.87. The molecule has 1 aromatic rings. The molecule has 2 N–H and O–H groups in total. The van der Waals surface area contributed by atoms with E-state index in [9.17, 15) is 9.59 Å². The van der Waals surface area contributed by atoms with E-state index in [2.05, 4.69) is 5.32 Å². The van der Waals surface area contributed by atoms with Gasteiger partial charge < -0.3 is 10.4 Å². The molecule has 2 atom stereocenters. The molecule has 0 saturated carbocycles. The summed E-state index contributed by atoms with van der Waals surface area (Å²) in [6, 6.07) is 5.20. The van der Waals surface area contributed by atoms with E-state index in [1.165, 1.54) is 6.92 Å². The summed E-state index contributed by atoms with van der Waals surface area (Å²) in [5, 5.41) is 12.1. The van der Waals surface area contributed by atoms with Crippen LogP contribution in [0.2, 0.25) is 5.02 Å². The second-order valence-corrected chi connectivity index (χ2v) is 4.72. The van der Waals surface area contributed by atoms with Crippen LogP contribution in [0, 0.1) is 18.8 Å². The van der Waals surface area contributed by atoms with Crippen molar-refractivity contribution in [3.05, 3.63) is 28.8 Å². The zero-order valence-electron chi connectivity index (χ0n) is 10.5. The molecule has 0 bridgehead atoms. The molecule has 2 unspecified atom stereocenters. The molecule has 5 heteroatoms. The van der Waals surface area contributed by atoms with Gasteiger partial charge in [-0.05, 0) is 24.6 Å². The molecule has 4 nitrogen and oxygen atoms in total. The van der Waals surface area contributed by atoms with Gasteiger partial charge >= 0.3 is 5.97 Å². The largest absolute Gasteiger partial charge is 0.481 e. The first-order valence-electron chi connectivity index (χ1n) is 5.63.